The van der Waals surface area contributed by atoms with Gasteiger partial charge in [-0.05, 0) is 11.1 Å². The molecule has 0 bridgehead atoms. The Morgan fingerprint density at radius 3 is 2.36 bits per heavy atom. The number of nitrogens with zero attached hydrogens (tertiary/aromatic N) is 3. The molecule has 1 aliphatic heterocycles. The van der Waals surface area contributed by atoms with E-state index in [2.05, 4.69) is 18.9 Å². The lowest BCUT2D eigenvalue weighted by molar-refractivity contribution is -0.253. The van der Waals surface area contributed by atoms with Crippen LogP contribution in [0.2, 0.25) is 0 Å². The van der Waals surface area contributed by atoms with Crippen LogP contribution < -0.4 is 0 Å². The van der Waals surface area contributed by atoms with Gasteiger partial charge in [-0.25, -0.2) is 8.98 Å². The van der Waals surface area contributed by atoms with Crippen LogP contribution in [0.25, 0.3) is 10.4 Å². The number of hydrogen-bond acceptors (Lipinski definition) is 10. The second-order valence-corrected chi connectivity index (χ2v) is 8.04. The molecular formula is C17H18F3N3O9S. The van der Waals surface area contributed by atoms with Crippen molar-refractivity contribution in [1.29, 1.82) is 0 Å². The van der Waals surface area contributed by atoms with Crippen molar-refractivity contribution < 1.29 is 54.3 Å². The van der Waals surface area contributed by atoms with E-state index in [0.29, 0.717) is 5.56 Å². The summed E-state index contributed by atoms with van der Waals surface area (Å²) in [4.78, 5) is 26.3. The van der Waals surface area contributed by atoms with E-state index >= 15 is 0 Å². The molecule has 1 fully saturated rings. The van der Waals surface area contributed by atoms with Gasteiger partial charge in [-0.1, -0.05) is 35.4 Å². The molecule has 1 aromatic rings. The van der Waals surface area contributed by atoms with Crippen molar-refractivity contribution in [2.45, 2.75) is 49.7 Å². The summed E-state index contributed by atoms with van der Waals surface area (Å²) in [6, 6.07) is 6.29. The number of halogens is 3. The van der Waals surface area contributed by atoms with E-state index in [1.165, 1.54) is 0 Å². The Labute approximate surface area is 185 Å². The van der Waals surface area contributed by atoms with E-state index in [0.717, 1.165) is 14.0 Å². The first kappa shape index (κ1) is 26.3. The fourth-order valence-corrected chi connectivity index (χ4v) is 3.37. The Hall–Kier alpha value is -2.91. The highest BCUT2D eigenvalue weighted by Gasteiger charge is 2.56. The Morgan fingerprint density at radius 1 is 1.21 bits per heavy atom. The van der Waals surface area contributed by atoms with Crippen LogP contribution in [0.5, 0.6) is 0 Å². The molecule has 0 aliphatic carbocycles. The summed E-state index contributed by atoms with van der Waals surface area (Å²) in [7, 11) is -5.36. The number of benzene rings is 1. The highest BCUT2D eigenvalue weighted by Crippen LogP contribution is 2.34. The molecule has 1 saturated heterocycles. The summed E-state index contributed by atoms with van der Waals surface area (Å²) in [6.07, 6.45) is -7.80. The fourth-order valence-electron chi connectivity index (χ4n) is 2.85. The number of rotatable bonds is 8. The molecular weight excluding hydrogens is 479 g/mol. The number of carbonyl (C=O) groups is 2. The maximum atomic E-state index is 12.9. The summed E-state index contributed by atoms with van der Waals surface area (Å²) >= 11 is 0. The maximum Gasteiger partial charge on any atom is 0.523 e. The lowest BCUT2D eigenvalue weighted by Crippen LogP contribution is -2.62. The molecule has 0 aromatic heterocycles. The number of hydrogen-bond donors (Lipinski definition) is 0. The molecule has 16 heteroatoms. The number of alkyl halides is 3. The minimum atomic E-state index is -6.26. The van der Waals surface area contributed by atoms with Gasteiger partial charge in [-0.15, -0.1) is 0 Å². The van der Waals surface area contributed by atoms with Gasteiger partial charge in [0, 0.05) is 11.8 Å². The molecule has 0 unspecified atom stereocenters. The third-order valence-electron chi connectivity index (χ3n) is 4.23. The van der Waals surface area contributed by atoms with Gasteiger partial charge in [-0.3, -0.25) is 4.79 Å². The molecule has 0 N–H and O–H groups in total. The van der Waals surface area contributed by atoms with Crippen molar-refractivity contribution in [3.63, 3.8) is 0 Å². The zero-order valence-corrected chi connectivity index (χ0v) is 17.9. The maximum absolute atomic E-state index is 12.9. The highest BCUT2D eigenvalue weighted by atomic mass is 32.2. The van der Waals surface area contributed by atoms with Crippen LogP contribution in [-0.4, -0.2) is 63.6 Å². The number of methoxy groups -OCH3 is 1. The first-order valence-electron chi connectivity index (χ1n) is 9.01. The van der Waals surface area contributed by atoms with E-state index in [9.17, 15) is 31.2 Å². The molecule has 0 radical (unpaired) electrons. The zero-order chi connectivity index (χ0) is 24.8. The normalized spacial score (nSPS) is 25.5. The molecule has 12 nitrogen and oxygen atoms in total. The number of ether oxygens (including phenoxy) is 4. The van der Waals surface area contributed by atoms with Gasteiger partial charge in [0.1, 0.15) is 12.1 Å². The highest BCUT2D eigenvalue weighted by molar-refractivity contribution is 7.87. The van der Waals surface area contributed by atoms with Crippen LogP contribution in [-0.2, 0) is 49.4 Å². The number of esters is 2. The van der Waals surface area contributed by atoms with Crippen molar-refractivity contribution in [2.24, 2.45) is 5.11 Å². The first-order valence-corrected chi connectivity index (χ1v) is 10.4. The third kappa shape index (κ3) is 6.55. The van der Waals surface area contributed by atoms with Crippen molar-refractivity contribution >= 4 is 22.1 Å². The second kappa shape index (κ2) is 10.8. The van der Waals surface area contributed by atoms with Gasteiger partial charge in [0.25, 0.3) is 0 Å². The number of azide groups is 1. The molecule has 2 rings (SSSR count). The lowest BCUT2D eigenvalue weighted by atomic mass is 9.96. The monoisotopic (exact) mass is 497 g/mol. The van der Waals surface area contributed by atoms with Crippen LogP contribution in [0, 0.1) is 0 Å². The van der Waals surface area contributed by atoms with Crippen LogP contribution in [0.3, 0.4) is 0 Å². The summed E-state index contributed by atoms with van der Waals surface area (Å²) < 4.78 is 86.0. The Morgan fingerprint density at radius 2 is 1.85 bits per heavy atom. The average Bonchev–Trinajstić information content (AvgIpc) is 2.73. The fraction of sp³-hybridized carbons (Fsp3) is 0.529. The molecule has 33 heavy (non-hydrogen) atoms. The summed E-state index contributed by atoms with van der Waals surface area (Å²) in [5, 5.41) is 3.23. The molecule has 1 aliphatic rings. The van der Waals surface area contributed by atoms with E-state index in [1.54, 1.807) is 30.3 Å². The minimum Gasteiger partial charge on any atom is -0.467 e. The van der Waals surface area contributed by atoms with Gasteiger partial charge in [0.15, 0.2) is 18.5 Å². The Kier molecular flexibility index (Phi) is 8.63. The van der Waals surface area contributed by atoms with E-state index < -0.39 is 58.2 Å². The predicted octanol–water partition coefficient (Wildman–Crippen LogP) is 1.95. The van der Waals surface area contributed by atoms with Crippen LogP contribution in [0.4, 0.5) is 13.2 Å². The molecule has 1 aromatic carbocycles. The van der Waals surface area contributed by atoms with E-state index in [4.69, 9.17) is 19.7 Å². The summed E-state index contributed by atoms with van der Waals surface area (Å²) in [6.45, 7) is 0.704. The average molecular weight is 497 g/mol. The summed E-state index contributed by atoms with van der Waals surface area (Å²) in [5.41, 5.74) is 3.59. The lowest BCUT2D eigenvalue weighted by Gasteiger charge is -2.42. The van der Waals surface area contributed by atoms with Crippen molar-refractivity contribution in [2.75, 3.05) is 7.11 Å². The van der Waals surface area contributed by atoms with Gasteiger partial charge in [0.2, 0.25) is 0 Å². The Balaban J connectivity index is 2.52. The molecule has 0 saturated carbocycles. The number of carbonyl (C=O) groups excluding carboxylic acids is 2. The van der Waals surface area contributed by atoms with E-state index in [-0.39, 0.29) is 6.61 Å². The van der Waals surface area contributed by atoms with Gasteiger partial charge < -0.3 is 18.9 Å². The Bertz CT molecular complexity index is 1000. The van der Waals surface area contributed by atoms with Crippen molar-refractivity contribution in [1.82, 2.24) is 0 Å². The van der Waals surface area contributed by atoms with Crippen LogP contribution in [0.15, 0.2) is 35.4 Å². The van der Waals surface area contributed by atoms with Crippen molar-refractivity contribution in [3.05, 3.63) is 46.3 Å². The first-order chi connectivity index (χ1) is 15.4. The van der Waals surface area contributed by atoms with Crippen LogP contribution >= 0.6 is 0 Å². The molecule has 5 atom stereocenters. The van der Waals surface area contributed by atoms with Gasteiger partial charge in [0.05, 0.1) is 13.7 Å². The molecule has 0 spiro atoms. The quantitative estimate of drug-likeness (QED) is 0.130. The zero-order valence-electron chi connectivity index (χ0n) is 17.0. The molecule has 182 valence electrons. The van der Waals surface area contributed by atoms with E-state index in [1.807, 2.05) is 0 Å². The molecule has 0 amide bonds. The minimum absolute atomic E-state index is 0.257. The third-order valence-corrected chi connectivity index (χ3v) is 5.24. The smallest absolute Gasteiger partial charge is 0.467 e. The second-order valence-electron chi connectivity index (χ2n) is 6.48. The standard InChI is InChI=1S/C17H18F3N3O9S/c1-9(24)30-13-12(29-8-10-6-4-3-5-7-10)11(22-23-21)16(31-14(13)15(25)28-2)32-33(26,27)17(18,19)20/h3-7,11-14,16H,8H2,1-2H3/t11-,12+,13-,14-,16-/m0/s1. The van der Waals surface area contributed by atoms with Crippen LogP contribution in [0.1, 0.15) is 12.5 Å². The SMILES string of the molecule is COC(=O)[C@H]1O[C@@H](OS(=O)(=O)C(F)(F)F)[C@@H](N=[N+]=[N-])[C@@H](OCc2ccccc2)[C@@H]1OC(C)=O. The predicted molar refractivity (Wildman–Crippen MR) is 100 cm³/mol. The summed E-state index contributed by atoms with van der Waals surface area (Å²) in [5.74, 6) is -2.19. The molecule has 1 heterocycles. The van der Waals surface area contributed by atoms with Crippen molar-refractivity contribution in [3.8, 4) is 0 Å². The topological polar surface area (TPSA) is 163 Å². The van der Waals surface area contributed by atoms with Gasteiger partial charge in [-0.2, -0.15) is 21.6 Å². The largest absolute Gasteiger partial charge is 0.523 e. The van der Waals surface area contributed by atoms with Gasteiger partial charge >= 0.3 is 27.6 Å².